The number of hydrogen-bond acceptors (Lipinski definition) is 3. The number of hydrogen-bond donors (Lipinski definition) is 3. The summed E-state index contributed by atoms with van der Waals surface area (Å²) < 4.78 is 0. The van der Waals surface area contributed by atoms with Crippen LogP contribution in [0.5, 0.6) is 0 Å². The fourth-order valence-corrected chi connectivity index (χ4v) is 1.47. The van der Waals surface area contributed by atoms with E-state index in [9.17, 15) is 9.59 Å². The van der Waals surface area contributed by atoms with E-state index in [4.69, 9.17) is 10.2 Å². The summed E-state index contributed by atoms with van der Waals surface area (Å²) in [6, 6.07) is 6.02. The van der Waals surface area contributed by atoms with Crippen LogP contribution in [-0.2, 0) is 11.2 Å². The van der Waals surface area contributed by atoms with Crippen molar-refractivity contribution in [3.8, 4) is 0 Å². The van der Waals surface area contributed by atoms with E-state index in [1.165, 1.54) is 4.90 Å². The molecule has 0 radical (unpaired) electrons. The molecular formula is C13H18N2O4. The van der Waals surface area contributed by atoms with Gasteiger partial charge in [0, 0.05) is 12.7 Å². The molecule has 0 saturated carbocycles. The molecule has 19 heavy (non-hydrogen) atoms. The number of rotatable bonds is 5. The molecule has 3 N–H and O–H groups in total. The van der Waals surface area contributed by atoms with Crippen molar-refractivity contribution in [2.24, 2.45) is 0 Å². The van der Waals surface area contributed by atoms with Gasteiger partial charge in [-0.3, -0.25) is 4.79 Å². The molecule has 6 nitrogen and oxygen atoms in total. The average Bonchev–Trinajstić information content (AvgIpc) is 2.36. The highest BCUT2D eigenvalue weighted by Crippen LogP contribution is 2.12. The lowest BCUT2D eigenvalue weighted by molar-refractivity contribution is -0.136. The highest BCUT2D eigenvalue weighted by molar-refractivity contribution is 5.89. The lowest BCUT2D eigenvalue weighted by Crippen LogP contribution is -2.40. The van der Waals surface area contributed by atoms with E-state index in [1.54, 1.807) is 38.2 Å². The van der Waals surface area contributed by atoms with E-state index in [0.29, 0.717) is 11.3 Å². The van der Waals surface area contributed by atoms with Crippen molar-refractivity contribution in [1.82, 2.24) is 4.90 Å². The zero-order valence-corrected chi connectivity index (χ0v) is 11.0. The quantitative estimate of drug-likeness (QED) is 0.746. The average molecular weight is 266 g/mol. The van der Waals surface area contributed by atoms with Crippen LogP contribution in [0.3, 0.4) is 0 Å². The molecule has 104 valence electrons. The Kier molecular flexibility index (Phi) is 5.32. The maximum absolute atomic E-state index is 11.8. The fourth-order valence-electron chi connectivity index (χ4n) is 1.47. The molecule has 0 aliphatic rings. The van der Waals surface area contributed by atoms with Crippen LogP contribution < -0.4 is 5.32 Å². The molecule has 1 aromatic carbocycles. The van der Waals surface area contributed by atoms with Gasteiger partial charge in [0.05, 0.1) is 19.1 Å². The molecule has 1 rings (SSSR count). The topological polar surface area (TPSA) is 89.9 Å². The van der Waals surface area contributed by atoms with Crippen LogP contribution in [-0.4, -0.2) is 46.8 Å². The minimum Gasteiger partial charge on any atom is -0.481 e. The molecule has 6 heteroatoms. The van der Waals surface area contributed by atoms with Crippen LogP contribution in [0.15, 0.2) is 24.3 Å². The zero-order valence-electron chi connectivity index (χ0n) is 11.0. The van der Waals surface area contributed by atoms with Crippen LogP contribution in [0.4, 0.5) is 10.5 Å². The first-order valence-electron chi connectivity index (χ1n) is 5.89. The smallest absolute Gasteiger partial charge is 0.321 e. The van der Waals surface area contributed by atoms with Crippen molar-refractivity contribution >= 4 is 17.7 Å². The monoisotopic (exact) mass is 266 g/mol. The Hall–Kier alpha value is -2.08. The van der Waals surface area contributed by atoms with Crippen LogP contribution in [0.25, 0.3) is 0 Å². The molecule has 1 aromatic rings. The number of carboxylic acid groups (broad SMARTS) is 1. The predicted molar refractivity (Wildman–Crippen MR) is 71.1 cm³/mol. The number of urea groups is 1. The van der Waals surface area contributed by atoms with Gasteiger partial charge >= 0.3 is 12.0 Å². The number of carboxylic acids is 1. The third-order valence-electron chi connectivity index (χ3n) is 2.78. The second-order valence-corrected chi connectivity index (χ2v) is 4.34. The summed E-state index contributed by atoms with van der Waals surface area (Å²) in [5.74, 6) is -0.922. The van der Waals surface area contributed by atoms with Gasteiger partial charge in [-0.15, -0.1) is 0 Å². The van der Waals surface area contributed by atoms with Gasteiger partial charge in [-0.05, 0) is 24.6 Å². The van der Waals surface area contributed by atoms with Crippen molar-refractivity contribution in [1.29, 1.82) is 0 Å². The molecule has 0 bridgehead atoms. The third kappa shape index (κ3) is 4.59. The number of aliphatic carboxylic acids is 1. The molecule has 0 aromatic heterocycles. The van der Waals surface area contributed by atoms with Crippen molar-refractivity contribution < 1.29 is 19.8 Å². The van der Waals surface area contributed by atoms with Gasteiger partial charge < -0.3 is 20.4 Å². The highest BCUT2D eigenvalue weighted by atomic mass is 16.4. The molecule has 0 aliphatic carbocycles. The Labute approximate surface area is 111 Å². The van der Waals surface area contributed by atoms with Gasteiger partial charge in [0.25, 0.3) is 0 Å². The van der Waals surface area contributed by atoms with Gasteiger partial charge in [-0.25, -0.2) is 4.79 Å². The molecule has 0 spiro atoms. The summed E-state index contributed by atoms with van der Waals surface area (Å²) in [6.45, 7) is 1.60. The summed E-state index contributed by atoms with van der Waals surface area (Å²) in [5, 5.41) is 20.3. The summed E-state index contributed by atoms with van der Waals surface area (Å²) in [5.41, 5.74) is 1.14. The summed E-state index contributed by atoms with van der Waals surface area (Å²) in [4.78, 5) is 23.8. The van der Waals surface area contributed by atoms with Crippen molar-refractivity contribution in [2.45, 2.75) is 19.4 Å². The maximum atomic E-state index is 11.8. The van der Waals surface area contributed by atoms with Crippen molar-refractivity contribution in [2.75, 3.05) is 19.0 Å². The number of aliphatic hydroxyl groups is 1. The van der Waals surface area contributed by atoms with E-state index < -0.39 is 5.97 Å². The lowest BCUT2D eigenvalue weighted by Gasteiger charge is -2.23. The Morgan fingerprint density at radius 3 is 2.68 bits per heavy atom. The number of benzene rings is 1. The Morgan fingerprint density at radius 2 is 2.11 bits per heavy atom. The van der Waals surface area contributed by atoms with Crippen LogP contribution in [0.1, 0.15) is 12.5 Å². The molecule has 2 amide bonds. The van der Waals surface area contributed by atoms with E-state index in [-0.39, 0.29) is 25.1 Å². The Balaban J connectivity index is 2.71. The highest BCUT2D eigenvalue weighted by Gasteiger charge is 2.14. The van der Waals surface area contributed by atoms with Gasteiger partial charge in [0.15, 0.2) is 0 Å². The number of amides is 2. The summed E-state index contributed by atoms with van der Waals surface area (Å²) in [7, 11) is 1.58. The lowest BCUT2D eigenvalue weighted by atomic mass is 10.1. The Bertz CT molecular complexity index is 462. The largest absolute Gasteiger partial charge is 0.481 e. The van der Waals surface area contributed by atoms with Gasteiger partial charge in [0.1, 0.15) is 0 Å². The van der Waals surface area contributed by atoms with Gasteiger partial charge in [-0.2, -0.15) is 0 Å². The zero-order chi connectivity index (χ0) is 14.4. The molecule has 1 unspecified atom stereocenters. The first kappa shape index (κ1) is 15.0. The minimum absolute atomic E-state index is 0.0907. The molecule has 0 aliphatic heterocycles. The predicted octanol–water partition coefficient (Wildman–Crippen LogP) is 1.16. The van der Waals surface area contributed by atoms with E-state index in [2.05, 4.69) is 5.32 Å². The van der Waals surface area contributed by atoms with Crippen molar-refractivity contribution in [3.05, 3.63) is 29.8 Å². The maximum Gasteiger partial charge on any atom is 0.321 e. The number of nitrogens with one attached hydrogen (secondary N) is 1. The van der Waals surface area contributed by atoms with Gasteiger partial charge in [-0.1, -0.05) is 12.1 Å². The minimum atomic E-state index is -0.922. The number of carbonyl (C=O) groups excluding carboxylic acids is 1. The molecule has 0 saturated heterocycles. The summed E-state index contributed by atoms with van der Waals surface area (Å²) >= 11 is 0. The standard InChI is InChI=1S/C13H18N2O4/c1-9(8-16)15(2)13(19)14-11-5-3-4-10(6-11)7-12(17)18/h3-6,9,16H,7-8H2,1-2H3,(H,14,19)(H,17,18). The van der Waals surface area contributed by atoms with E-state index in [1.807, 2.05) is 0 Å². The third-order valence-corrected chi connectivity index (χ3v) is 2.78. The van der Waals surface area contributed by atoms with E-state index in [0.717, 1.165) is 0 Å². The number of anilines is 1. The van der Waals surface area contributed by atoms with Crippen molar-refractivity contribution in [3.63, 3.8) is 0 Å². The number of likely N-dealkylation sites (N-methyl/N-ethyl adjacent to an activating group) is 1. The second kappa shape index (κ2) is 6.75. The normalized spacial score (nSPS) is 11.7. The van der Waals surface area contributed by atoms with Crippen LogP contribution >= 0.6 is 0 Å². The number of carbonyl (C=O) groups is 2. The van der Waals surface area contributed by atoms with Gasteiger partial charge in [0.2, 0.25) is 0 Å². The Morgan fingerprint density at radius 1 is 1.42 bits per heavy atom. The molecule has 1 atom stereocenters. The molecule has 0 heterocycles. The first-order valence-corrected chi connectivity index (χ1v) is 5.89. The number of nitrogens with zero attached hydrogens (tertiary/aromatic N) is 1. The molecule has 0 fully saturated rings. The second-order valence-electron chi connectivity index (χ2n) is 4.34. The molecular weight excluding hydrogens is 248 g/mol. The van der Waals surface area contributed by atoms with Crippen LogP contribution in [0, 0.1) is 0 Å². The summed E-state index contributed by atoms with van der Waals surface area (Å²) in [6.07, 6.45) is -0.0907. The fraction of sp³-hybridized carbons (Fsp3) is 0.385. The van der Waals surface area contributed by atoms with Crippen LogP contribution in [0.2, 0.25) is 0 Å². The van der Waals surface area contributed by atoms with E-state index >= 15 is 0 Å². The SMILES string of the molecule is CC(CO)N(C)C(=O)Nc1cccc(CC(=O)O)c1. The first-order chi connectivity index (χ1) is 8.93. The number of aliphatic hydroxyl groups excluding tert-OH is 1.